The number of nitrogens with one attached hydrogen (secondary N) is 1. The van der Waals surface area contributed by atoms with Gasteiger partial charge in [0.05, 0.1) is 12.9 Å². The van der Waals surface area contributed by atoms with Crippen molar-refractivity contribution in [1.29, 1.82) is 0 Å². The fourth-order valence-corrected chi connectivity index (χ4v) is 4.54. The van der Waals surface area contributed by atoms with Gasteiger partial charge in [-0.3, -0.25) is 4.79 Å². The Morgan fingerprint density at radius 2 is 2.00 bits per heavy atom. The number of nitrogens with zero attached hydrogens (tertiary/aromatic N) is 3. The molecule has 1 aliphatic rings. The zero-order valence-corrected chi connectivity index (χ0v) is 17.8. The summed E-state index contributed by atoms with van der Waals surface area (Å²) in [7, 11) is 1.66. The van der Waals surface area contributed by atoms with E-state index in [1.807, 2.05) is 24.3 Å². The summed E-state index contributed by atoms with van der Waals surface area (Å²) >= 11 is 1.46. The quantitative estimate of drug-likeness (QED) is 0.682. The van der Waals surface area contributed by atoms with Crippen molar-refractivity contribution in [2.75, 3.05) is 12.9 Å². The van der Waals surface area contributed by atoms with Crippen LogP contribution in [-0.4, -0.2) is 39.6 Å². The molecular formula is C21H30N4O2S. The zero-order chi connectivity index (χ0) is 19.9. The summed E-state index contributed by atoms with van der Waals surface area (Å²) in [5.41, 5.74) is 1.16. The monoisotopic (exact) mass is 402 g/mol. The van der Waals surface area contributed by atoms with Crippen molar-refractivity contribution in [3.8, 4) is 5.75 Å². The molecule has 6 nitrogen and oxygen atoms in total. The van der Waals surface area contributed by atoms with Crippen LogP contribution in [0.2, 0.25) is 0 Å². The summed E-state index contributed by atoms with van der Waals surface area (Å²) in [5.74, 6) is 2.79. The number of carbonyl (C=O) groups excluding carboxylic acids is 1. The molecule has 3 rings (SSSR count). The summed E-state index contributed by atoms with van der Waals surface area (Å²) in [6.45, 7) is 5.09. The van der Waals surface area contributed by atoms with E-state index in [-0.39, 0.29) is 5.91 Å². The van der Waals surface area contributed by atoms with Crippen LogP contribution in [0, 0.1) is 5.92 Å². The average Bonchev–Trinajstić information content (AvgIpc) is 3.10. The Hall–Kier alpha value is -2.02. The fraction of sp³-hybridized carbons (Fsp3) is 0.571. The molecule has 1 aromatic heterocycles. The van der Waals surface area contributed by atoms with Crippen LogP contribution in [0.1, 0.15) is 50.9 Å². The van der Waals surface area contributed by atoms with Gasteiger partial charge in [-0.1, -0.05) is 43.7 Å². The van der Waals surface area contributed by atoms with Crippen LogP contribution >= 0.6 is 11.8 Å². The molecule has 28 heavy (non-hydrogen) atoms. The number of hydrogen-bond acceptors (Lipinski definition) is 5. The number of rotatable bonds is 8. The van der Waals surface area contributed by atoms with Gasteiger partial charge < -0.3 is 14.6 Å². The number of carbonyl (C=O) groups is 1. The van der Waals surface area contributed by atoms with Crippen LogP contribution in [-0.2, 0) is 17.8 Å². The Kier molecular flexibility index (Phi) is 7.36. The van der Waals surface area contributed by atoms with Crippen LogP contribution in [0.5, 0.6) is 5.75 Å². The first-order valence-corrected chi connectivity index (χ1v) is 11.1. The number of hydrogen-bond donors (Lipinski definition) is 1. The number of aromatic nitrogens is 3. The van der Waals surface area contributed by atoms with Gasteiger partial charge in [0.2, 0.25) is 5.91 Å². The molecule has 0 radical (unpaired) electrons. The lowest BCUT2D eigenvalue weighted by atomic mass is 9.86. The summed E-state index contributed by atoms with van der Waals surface area (Å²) in [4.78, 5) is 12.4. The molecule has 152 valence electrons. The maximum atomic E-state index is 12.4. The van der Waals surface area contributed by atoms with Crippen molar-refractivity contribution < 1.29 is 9.53 Å². The normalized spacial score (nSPS) is 19.4. The lowest BCUT2D eigenvalue weighted by Gasteiger charge is -2.29. The van der Waals surface area contributed by atoms with Gasteiger partial charge in [-0.25, -0.2) is 0 Å². The highest BCUT2D eigenvalue weighted by Crippen LogP contribution is 2.24. The summed E-state index contributed by atoms with van der Waals surface area (Å²) in [6, 6.07) is 8.30. The minimum absolute atomic E-state index is 0.0890. The van der Waals surface area contributed by atoms with Crippen LogP contribution in [0.25, 0.3) is 0 Å². The Balaban J connectivity index is 1.57. The van der Waals surface area contributed by atoms with Crippen molar-refractivity contribution >= 4 is 17.7 Å². The molecule has 0 spiro atoms. The topological polar surface area (TPSA) is 69.0 Å². The Morgan fingerprint density at radius 1 is 1.25 bits per heavy atom. The van der Waals surface area contributed by atoms with Crippen molar-refractivity contribution in [3.63, 3.8) is 0 Å². The molecule has 1 N–H and O–H groups in total. The summed E-state index contributed by atoms with van der Waals surface area (Å²) in [5, 5.41) is 12.7. The predicted molar refractivity (Wildman–Crippen MR) is 112 cm³/mol. The highest BCUT2D eigenvalue weighted by Gasteiger charge is 2.23. The van der Waals surface area contributed by atoms with Crippen LogP contribution in [0.15, 0.2) is 29.4 Å². The molecule has 1 amide bonds. The molecule has 1 aromatic carbocycles. The summed E-state index contributed by atoms with van der Waals surface area (Å²) < 4.78 is 7.30. The van der Waals surface area contributed by atoms with Gasteiger partial charge in [-0.2, -0.15) is 0 Å². The third kappa shape index (κ3) is 5.28. The third-order valence-electron chi connectivity index (χ3n) is 5.42. The van der Waals surface area contributed by atoms with E-state index in [4.69, 9.17) is 4.74 Å². The van der Waals surface area contributed by atoms with E-state index in [1.165, 1.54) is 31.0 Å². The molecule has 0 aliphatic heterocycles. The largest absolute Gasteiger partial charge is 0.497 e. The van der Waals surface area contributed by atoms with E-state index >= 15 is 0 Å². The predicted octanol–water partition coefficient (Wildman–Crippen LogP) is 3.68. The van der Waals surface area contributed by atoms with Crippen LogP contribution in [0.3, 0.4) is 0 Å². The van der Waals surface area contributed by atoms with E-state index in [9.17, 15) is 4.79 Å². The second kappa shape index (κ2) is 9.96. The van der Waals surface area contributed by atoms with Crippen molar-refractivity contribution in [1.82, 2.24) is 20.1 Å². The first kappa shape index (κ1) is 20.7. The van der Waals surface area contributed by atoms with Crippen molar-refractivity contribution in [2.24, 2.45) is 5.92 Å². The van der Waals surface area contributed by atoms with Gasteiger partial charge in [-0.15, -0.1) is 10.2 Å². The maximum Gasteiger partial charge on any atom is 0.230 e. The Labute approximate surface area is 171 Å². The fourth-order valence-electron chi connectivity index (χ4n) is 3.71. The Bertz CT molecular complexity index is 775. The molecule has 1 saturated carbocycles. The number of benzene rings is 1. The first-order chi connectivity index (χ1) is 13.6. The van der Waals surface area contributed by atoms with Crippen molar-refractivity contribution in [2.45, 2.75) is 63.7 Å². The highest BCUT2D eigenvalue weighted by molar-refractivity contribution is 7.99. The molecule has 0 unspecified atom stereocenters. The van der Waals surface area contributed by atoms with E-state index in [0.717, 1.165) is 35.3 Å². The lowest BCUT2D eigenvalue weighted by Crippen LogP contribution is -2.41. The van der Waals surface area contributed by atoms with Crippen LogP contribution in [0.4, 0.5) is 0 Å². The van der Waals surface area contributed by atoms with E-state index in [0.29, 0.717) is 24.1 Å². The minimum Gasteiger partial charge on any atom is -0.497 e. The summed E-state index contributed by atoms with van der Waals surface area (Å²) in [6.07, 6.45) is 5.49. The molecule has 7 heteroatoms. The number of amides is 1. The second-order valence-corrected chi connectivity index (χ2v) is 8.33. The van der Waals surface area contributed by atoms with E-state index in [1.54, 1.807) is 7.11 Å². The SMILES string of the molecule is CCn1c(Cc2ccc(OC)cc2)nnc1SCC(=O)N[C@H]1CCCC[C@H]1C. The standard InChI is InChI=1S/C21H30N4O2S/c1-4-25-19(13-16-9-11-17(27-3)12-10-16)23-24-21(25)28-14-20(26)22-18-8-6-5-7-15(18)2/h9-12,15,18H,4-8,13-14H2,1-3H3,(H,22,26)/t15-,18+/m1/s1. The van der Waals surface area contributed by atoms with E-state index < -0.39 is 0 Å². The zero-order valence-electron chi connectivity index (χ0n) is 17.0. The molecule has 1 aliphatic carbocycles. The highest BCUT2D eigenvalue weighted by atomic mass is 32.2. The number of methoxy groups -OCH3 is 1. The first-order valence-electron chi connectivity index (χ1n) is 10.1. The molecule has 2 atom stereocenters. The number of ether oxygens (including phenoxy) is 1. The maximum absolute atomic E-state index is 12.4. The molecule has 1 heterocycles. The molecule has 1 fully saturated rings. The molecule has 0 bridgehead atoms. The smallest absolute Gasteiger partial charge is 0.230 e. The lowest BCUT2D eigenvalue weighted by molar-refractivity contribution is -0.119. The van der Waals surface area contributed by atoms with Gasteiger partial charge in [0.25, 0.3) is 0 Å². The Morgan fingerprint density at radius 3 is 2.68 bits per heavy atom. The van der Waals surface area contributed by atoms with Gasteiger partial charge in [0.1, 0.15) is 11.6 Å². The average molecular weight is 403 g/mol. The van der Waals surface area contributed by atoms with Gasteiger partial charge in [0.15, 0.2) is 5.16 Å². The van der Waals surface area contributed by atoms with Gasteiger partial charge >= 0.3 is 0 Å². The van der Waals surface area contributed by atoms with Gasteiger partial charge in [0, 0.05) is 19.0 Å². The molecule has 2 aromatic rings. The molecule has 0 saturated heterocycles. The van der Waals surface area contributed by atoms with E-state index in [2.05, 4.69) is 33.9 Å². The minimum atomic E-state index is 0.0890. The third-order valence-corrected chi connectivity index (χ3v) is 6.39. The van der Waals surface area contributed by atoms with Crippen LogP contribution < -0.4 is 10.1 Å². The number of thioether (sulfide) groups is 1. The van der Waals surface area contributed by atoms with Crippen molar-refractivity contribution in [3.05, 3.63) is 35.7 Å². The second-order valence-electron chi connectivity index (χ2n) is 7.39. The van der Waals surface area contributed by atoms with Gasteiger partial charge in [-0.05, 0) is 43.4 Å². The molecular weight excluding hydrogens is 372 g/mol.